The van der Waals surface area contributed by atoms with Crippen LogP contribution in [0.4, 0.5) is 11.4 Å². The highest BCUT2D eigenvalue weighted by Crippen LogP contribution is 2.26. The largest absolute Gasteiger partial charge is 0.507 e. The summed E-state index contributed by atoms with van der Waals surface area (Å²) in [5.41, 5.74) is 2.80. The first-order valence-corrected chi connectivity index (χ1v) is 6.70. The average Bonchev–Trinajstić information content (AvgIpc) is 2.46. The minimum absolute atomic E-state index is 0.0570. The lowest BCUT2D eigenvalue weighted by Crippen LogP contribution is -2.10. The Balaban J connectivity index is 2.19. The summed E-state index contributed by atoms with van der Waals surface area (Å²) in [6.45, 7) is 6.46. The summed E-state index contributed by atoms with van der Waals surface area (Å²) in [6.07, 6.45) is 0.590. The van der Waals surface area contributed by atoms with Crippen molar-refractivity contribution in [2.75, 3.05) is 0 Å². The Morgan fingerprint density at radius 3 is 2.10 bits per heavy atom. The predicted molar refractivity (Wildman–Crippen MR) is 82.8 cm³/mol. The summed E-state index contributed by atoms with van der Waals surface area (Å²) in [4.78, 5) is 10.8. The van der Waals surface area contributed by atoms with Crippen LogP contribution in [0, 0.1) is 0 Å². The van der Waals surface area contributed by atoms with E-state index in [1.54, 1.807) is 6.07 Å². The van der Waals surface area contributed by atoms with Crippen LogP contribution in [-0.4, -0.2) is 11.4 Å². The fourth-order valence-electron chi connectivity index (χ4n) is 1.84. The van der Waals surface area contributed by atoms with Gasteiger partial charge in [-0.3, -0.25) is 4.79 Å². The summed E-state index contributed by atoms with van der Waals surface area (Å²) in [6, 6.07) is 12.4. The maximum Gasteiger partial charge on any atom is 0.153 e. The van der Waals surface area contributed by atoms with Crippen molar-refractivity contribution in [2.45, 2.75) is 26.2 Å². The van der Waals surface area contributed by atoms with Gasteiger partial charge in [0.25, 0.3) is 0 Å². The number of aldehydes is 1. The Bertz CT molecular complexity index is 668. The van der Waals surface area contributed by atoms with Crippen LogP contribution in [0.1, 0.15) is 36.7 Å². The van der Waals surface area contributed by atoms with Crippen molar-refractivity contribution >= 4 is 17.7 Å². The van der Waals surface area contributed by atoms with Crippen LogP contribution in [-0.2, 0) is 5.41 Å². The Morgan fingerprint density at radius 2 is 1.52 bits per heavy atom. The van der Waals surface area contributed by atoms with Crippen LogP contribution in [0.3, 0.4) is 0 Å². The fourth-order valence-corrected chi connectivity index (χ4v) is 1.84. The molecule has 0 saturated carbocycles. The Morgan fingerprint density at radius 1 is 0.952 bits per heavy atom. The van der Waals surface area contributed by atoms with E-state index in [0.29, 0.717) is 12.0 Å². The number of carbonyl (C=O) groups is 1. The molecule has 4 nitrogen and oxygen atoms in total. The van der Waals surface area contributed by atoms with E-state index in [0.717, 1.165) is 5.69 Å². The molecule has 2 aromatic rings. The molecule has 0 aliphatic heterocycles. The van der Waals surface area contributed by atoms with Crippen LogP contribution in [0.5, 0.6) is 5.75 Å². The summed E-state index contributed by atoms with van der Waals surface area (Å²) in [5, 5.41) is 17.6. The highest BCUT2D eigenvalue weighted by atomic mass is 16.3. The third-order valence-electron chi connectivity index (χ3n) is 3.15. The lowest BCUT2D eigenvalue weighted by Gasteiger charge is -2.18. The smallest absolute Gasteiger partial charge is 0.153 e. The molecule has 108 valence electrons. The standard InChI is InChI=1S/C17H18N2O2/c1-17(2,3)13-4-6-14(7-5-13)18-19-15-8-9-16(21)12(10-15)11-20/h4-11,21H,1-3H3. The fraction of sp³-hybridized carbons (Fsp3) is 0.235. The minimum atomic E-state index is -0.0570. The molecule has 2 rings (SSSR count). The van der Waals surface area contributed by atoms with Gasteiger partial charge in [0, 0.05) is 0 Å². The van der Waals surface area contributed by atoms with Gasteiger partial charge >= 0.3 is 0 Å². The van der Waals surface area contributed by atoms with E-state index in [2.05, 4.69) is 31.0 Å². The van der Waals surface area contributed by atoms with Gasteiger partial charge in [0.05, 0.1) is 16.9 Å². The third-order valence-corrected chi connectivity index (χ3v) is 3.15. The van der Waals surface area contributed by atoms with Crippen molar-refractivity contribution in [1.82, 2.24) is 0 Å². The Hall–Kier alpha value is -2.49. The topological polar surface area (TPSA) is 62.0 Å². The first-order valence-electron chi connectivity index (χ1n) is 6.70. The van der Waals surface area contributed by atoms with Crippen molar-refractivity contribution in [1.29, 1.82) is 0 Å². The normalized spacial score (nSPS) is 11.8. The lowest BCUT2D eigenvalue weighted by molar-refractivity contribution is 0.112. The van der Waals surface area contributed by atoms with Crippen LogP contribution >= 0.6 is 0 Å². The molecule has 0 bridgehead atoms. The van der Waals surface area contributed by atoms with Crippen LogP contribution in [0.25, 0.3) is 0 Å². The summed E-state index contributed by atoms with van der Waals surface area (Å²) in [5.74, 6) is -0.0570. The molecular formula is C17H18N2O2. The third kappa shape index (κ3) is 3.75. The highest BCUT2D eigenvalue weighted by molar-refractivity contribution is 5.80. The van der Waals surface area contributed by atoms with Crippen molar-refractivity contribution in [3.05, 3.63) is 53.6 Å². The monoisotopic (exact) mass is 282 g/mol. The quantitative estimate of drug-likeness (QED) is 0.641. The van der Waals surface area contributed by atoms with E-state index < -0.39 is 0 Å². The zero-order chi connectivity index (χ0) is 15.5. The molecule has 2 aromatic carbocycles. The maximum atomic E-state index is 10.8. The zero-order valence-corrected chi connectivity index (χ0v) is 12.4. The van der Waals surface area contributed by atoms with Crippen molar-refractivity contribution < 1.29 is 9.90 Å². The molecule has 0 aromatic heterocycles. The zero-order valence-electron chi connectivity index (χ0n) is 12.4. The summed E-state index contributed by atoms with van der Waals surface area (Å²) < 4.78 is 0. The second kappa shape index (κ2) is 5.87. The first-order chi connectivity index (χ1) is 9.90. The molecule has 0 aliphatic carbocycles. The van der Waals surface area contributed by atoms with Gasteiger partial charge in [-0.1, -0.05) is 32.9 Å². The molecule has 0 aliphatic rings. The molecule has 0 spiro atoms. The molecule has 0 amide bonds. The molecule has 0 fully saturated rings. The SMILES string of the molecule is CC(C)(C)c1ccc(N=Nc2ccc(O)c(C=O)c2)cc1. The number of carbonyl (C=O) groups excluding carboxylic acids is 1. The number of aromatic hydroxyl groups is 1. The van der Waals surface area contributed by atoms with Gasteiger partial charge in [-0.15, -0.1) is 0 Å². The van der Waals surface area contributed by atoms with E-state index in [-0.39, 0.29) is 16.7 Å². The number of nitrogens with zero attached hydrogens (tertiary/aromatic N) is 2. The molecule has 0 unspecified atom stereocenters. The number of azo groups is 1. The number of phenols is 1. The molecule has 0 atom stereocenters. The number of phenolic OH excluding ortho intramolecular Hbond substituents is 1. The van der Waals surface area contributed by atoms with Gasteiger partial charge < -0.3 is 5.11 Å². The van der Waals surface area contributed by atoms with Crippen LogP contribution in [0.15, 0.2) is 52.7 Å². The number of hydrogen-bond donors (Lipinski definition) is 1. The van der Waals surface area contributed by atoms with E-state index in [1.165, 1.54) is 17.7 Å². The average molecular weight is 282 g/mol. The second-order valence-electron chi connectivity index (χ2n) is 5.86. The predicted octanol–water partition coefficient (Wildman–Crippen LogP) is 4.92. The van der Waals surface area contributed by atoms with Crippen LogP contribution < -0.4 is 0 Å². The highest BCUT2D eigenvalue weighted by Gasteiger charge is 2.12. The van der Waals surface area contributed by atoms with Gasteiger partial charge in [-0.05, 0) is 41.3 Å². The molecule has 0 saturated heterocycles. The van der Waals surface area contributed by atoms with E-state index in [9.17, 15) is 9.90 Å². The molecule has 4 heteroatoms. The molecular weight excluding hydrogens is 264 g/mol. The molecule has 21 heavy (non-hydrogen) atoms. The van der Waals surface area contributed by atoms with Crippen molar-refractivity contribution in [2.24, 2.45) is 10.2 Å². The number of hydrogen-bond acceptors (Lipinski definition) is 4. The van der Waals surface area contributed by atoms with E-state index in [4.69, 9.17) is 0 Å². The molecule has 0 radical (unpaired) electrons. The van der Waals surface area contributed by atoms with Crippen LogP contribution in [0.2, 0.25) is 0 Å². The van der Waals surface area contributed by atoms with Crippen molar-refractivity contribution in [3.8, 4) is 5.75 Å². The van der Waals surface area contributed by atoms with Gasteiger partial charge in [0.1, 0.15) is 5.75 Å². The molecule has 0 heterocycles. The first kappa shape index (κ1) is 14.9. The van der Waals surface area contributed by atoms with Gasteiger partial charge in [-0.2, -0.15) is 10.2 Å². The van der Waals surface area contributed by atoms with Gasteiger partial charge in [0.15, 0.2) is 6.29 Å². The minimum Gasteiger partial charge on any atom is -0.507 e. The molecule has 1 N–H and O–H groups in total. The lowest BCUT2D eigenvalue weighted by atomic mass is 9.87. The number of benzene rings is 2. The van der Waals surface area contributed by atoms with Crippen molar-refractivity contribution in [3.63, 3.8) is 0 Å². The van der Waals surface area contributed by atoms with Gasteiger partial charge in [0.2, 0.25) is 0 Å². The van der Waals surface area contributed by atoms with Gasteiger partial charge in [-0.25, -0.2) is 0 Å². The summed E-state index contributed by atoms with van der Waals surface area (Å²) in [7, 11) is 0. The van der Waals surface area contributed by atoms with E-state index in [1.807, 2.05) is 24.3 Å². The second-order valence-corrected chi connectivity index (χ2v) is 5.86. The summed E-state index contributed by atoms with van der Waals surface area (Å²) >= 11 is 0. The maximum absolute atomic E-state index is 10.8. The number of rotatable bonds is 3. The van der Waals surface area contributed by atoms with E-state index >= 15 is 0 Å². The Kier molecular flexibility index (Phi) is 4.17. The Labute approximate surface area is 124 Å².